The second-order valence-electron chi connectivity index (χ2n) is 4.27. The third-order valence-electron chi connectivity index (χ3n) is 2.99. The van der Waals surface area contributed by atoms with Crippen LogP contribution in [0, 0.1) is 22.7 Å². The summed E-state index contributed by atoms with van der Waals surface area (Å²) in [5, 5.41) is 40.2. The number of rotatable bonds is 4. The number of benzene rings is 1. The molecular formula is C14H10N2O4-2. The predicted octanol–water partition coefficient (Wildman–Crippen LogP) is -0.332. The van der Waals surface area contributed by atoms with Crippen LogP contribution in [0.1, 0.15) is 57.5 Å². The first-order valence-corrected chi connectivity index (χ1v) is 5.73. The van der Waals surface area contributed by atoms with Crippen LogP contribution in [-0.2, 0) is 0 Å². The molecule has 0 radical (unpaired) electrons. The van der Waals surface area contributed by atoms with E-state index in [1.54, 1.807) is 0 Å². The number of nitriles is 2. The maximum atomic E-state index is 11.2. The van der Waals surface area contributed by atoms with E-state index in [1.165, 1.54) is 19.9 Å². The Hall–Kier alpha value is -2.86. The van der Waals surface area contributed by atoms with E-state index in [-0.39, 0.29) is 5.56 Å². The number of hydrogen-bond donors (Lipinski definition) is 0. The van der Waals surface area contributed by atoms with E-state index in [0.29, 0.717) is 5.56 Å². The van der Waals surface area contributed by atoms with Gasteiger partial charge in [-0.25, -0.2) is 0 Å². The highest BCUT2D eigenvalue weighted by atomic mass is 16.4. The van der Waals surface area contributed by atoms with Crippen LogP contribution in [0.15, 0.2) is 12.1 Å². The van der Waals surface area contributed by atoms with Gasteiger partial charge in [-0.05, 0) is 25.0 Å². The number of carboxylic acid groups (broad SMARTS) is 2. The molecule has 6 heteroatoms. The summed E-state index contributed by atoms with van der Waals surface area (Å²) >= 11 is 0. The van der Waals surface area contributed by atoms with Crippen LogP contribution in [0.25, 0.3) is 0 Å². The van der Waals surface area contributed by atoms with E-state index in [9.17, 15) is 19.8 Å². The molecule has 0 amide bonds. The molecule has 0 bridgehead atoms. The van der Waals surface area contributed by atoms with E-state index in [1.807, 2.05) is 12.1 Å². The van der Waals surface area contributed by atoms with Crippen LogP contribution in [0.2, 0.25) is 0 Å². The van der Waals surface area contributed by atoms with Crippen molar-refractivity contribution in [3.05, 3.63) is 34.4 Å². The molecule has 2 unspecified atom stereocenters. The fourth-order valence-corrected chi connectivity index (χ4v) is 2.00. The molecule has 1 aromatic carbocycles. The van der Waals surface area contributed by atoms with E-state index < -0.39 is 34.9 Å². The monoisotopic (exact) mass is 270 g/mol. The molecule has 1 aromatic rings. The average Bonchev–Trinajstić information content (AvgIpc) is 2.43. The van der Waals surface area contributed by atoms with Crippen LogP contribution in [0.5, 0.6) is 0 Å². The van der Waals surface area contributed by atoms with Crippen molar-refractivity contribution in [1.82, 2.24) is 0 Å². The van der Waals surface area contributed by atoms with Gasteiger partial charge in [0.05, 0.1) is 35.9 Å². The average molecular weight is 270 g/mol. The molecule has 0 fully saturated rings. The lowest BCUT2D eigenvalue weighted by Gasteiger charge is -2.22. The molecule has 20 heavy (non-hydrogen) atoms. The Bertz CT molecular complexity index is 652. The maximum absolute atomic E-state index is 11.2. The number of carbonyl (C=O) groups excluding carboxylic acids is 2. The van der Waals surface area contributed by atoms with Crippen molar-refractivity contribution in [2.75, 3.05) is 0 Å². The zero-order valence-electron chi connectivity index (χ0n) is 10.8. The molecule has 2 atom stereocenters. The molecule has 1 rings (SSSR count). The van der Waals surface area contributed by atoms with Crippen molar-refractivity contribution in [2.24, 2.45) is 0 Å². The maximum Gasteiger partial charge on any atom is 0.0725 e. The SMILES string of the molecule is CC(C#N)c1ccc(C(=O)[O-])c(C(=O)[O-])c1C(C)C#N. The molecule has 0 aliphatic carbocycles. The lowest BCUT2D eigenvalue weighted by atomic mass is 9.84. The van der Waals surface area contributed by atoms with Crippen LogP contribution in [-0.4, -0.2) is 11.9 Å². The zero-order valence-corrected chi connectivity index (χ0v) is 10.8. The number of carboxylic acids is 2. The molecule has 102 valence electrons. The first kappa shape index (κ1) is 15.2. The Morgan fingerprint density at radius 1 is 1.05 bits per heavy atom. The molecule has 0 saturated heterocycles. The van der Waals surface area contributed by atoms with Gasteiger partial charge in [-0.1, -0.05) is 12.1 Å². The zero-order chi connectivity index (χ0) is 15.4. The number of aromatic carboxylic acids is 2. The van der Waals surface area contributed by atoms with Crippen molar-refractivity contribution in [2.45, 2.75) is 25.7 Å². The molecule has 0 aromatic heterocycles. The Kier molecular flexibility index (Phi) is 4.45. The molecule has 0 aliphatic heterocycles. The molecule has 0 spiro atoms. The van der Waals surface area contributed by atoms with Crippen LogP contribution in [0.3, 0.4) is 0 Å². The quantitative estimate of drug-likeness (QED) is 0.736. The van der Waals surface area contributed by atoms with Gasteiger partial charge in [0.2, 0.25) is 0 Å². The summed E-state index contributed by atoms with van der Waals surface area (Å²) in [6.45, 7) is 2.95. The lowest BCUT2D eigenvalue weighted by Crippen LogP contribution is -2.32. The van der Waals surface area contributed by atoms with Crippen molar-refractivity contribution in [3.63, 3.8) is 0 Å². The fraction of sp³-hybridized carbons (Fsp3) is 0.286. The van der Waals surface area contributed by atoms with Crippen LogP contribution >= 0.6 is 0 Å². The standard InChI is InChI=1S/C14H12N2O4/c1-7(5-15)9-3-4-10(13(17)18)12(14(19)20)11(9)8(2)6-16/h3-4,7-8H,1-2H3,(H,17,18)(H,19,20)/p-2. The minimum atomic E-state index is -1.71. The van der Waals surface area contributed by atoms with Crippen LogP contribution in [0.4, 0.5) is 0 Å². The van der Waals surface area contributed by atoms with Crippen molar-refractivity contribution in [1.29, 1.82) is 10.5 Å². The summed E-state index contributed by atoms with van der Waals surface area (Å²) in [5.41, 5.74) is -0.872. The van der Waals surface area contributed by atoms with Gasteiger partial charge >= 0.3 is 0 Å². The van der Waals surface area contributed by atoms with Crippen molar-refractivity contribution in [3.8, 4) is 12.1 Å². The molecule has 0 saturated carbocycles. The minimum Gasteiger partial charge on any atom is -0.545 e. The van der Waals surface area contributed by atoms with Gasteiger partial charge in [0.1, 0.15) is 0 Å². The summed E-state index contributed by atoms with van der Waals surface area (Å²) in [7, 11) is 0. The van der Waals surface area contributed by atoms with Gasteiger partial charge in [0.15, 0.2) is 0 Å². The summed E-state index contributed by atoms with van der Waals surface area (Å²) in [6.07, 6.45) is 0. The number of carbonyl (C=O) groups is 2. The minimum absolute atomic E-state index is 0.0109. The summed E-state index contributed by atoms with van der Waals surface area (Å²) in [6, 6.07) is 6.16. The van der Waals surface area contributed by atoms with Crippen molar-refractivity contribution >= 4 is 11.9 Å². The highest BCUT2D eigenvalue weighted by molar-refractivity contribution is 6.01. The van der Waals surface area contributed by atoms with E-state index in [2.05, 4.69) is 0 Å². The summed E-state index contributed by atoms with van der Waals surface area (Å²) in [4.78, 5) is 22.2. The Balaban J connectivity index is 3.82. The topological polar surface area (TPSA) is 128 Å². The Morgan fingerprint density at radius 2 is 1.60 bits per heavy atom. The largest absolute Gasteiger partial charge is 0.545 e. The smallest absolute Gasteiger partial charge is 0.0725 e. The second kappa shape index (κ2) is 5.85. The van der Waals surface area contributed by atoms with Gasteiger partial charge in [-0.15, -0.1) is 0 Å². The molecular weight excluding hydrogens is 260 g/mol. The normalized spacial score (nSPS) is 12.8. The highest BCUT2D eigenvalue weighted by Crippen LogP contribution is 2.31. The van der Waals surface area contributed by atoms with Gasteiger partial charge < -0.3 is 19.8 Å². The predicted molar refractivity (Wildman–Crippen MR) is 63.2 cm³/mol. The molecule has 0 N–H and O–H groups in total. The van der Waals surface area contributed by atoms with Crippen LogP contribution < -0.4 is 10.2 Å². The third kappa shape index (κ3) is 2.60. The Morgan fingerprint density at radius 3 is 2.00 bits per heavy atom. The number of nitrogens with zero attached hydrogens (tertiary/aromatic N) is 2. The first-order chi connectivity index (χ1) is 9.34. The fourth-order valence-electron chi connectivity index (χ4n) is 2.00. The highest BCUT2D eigenvalue weighted by Gasteiger charge is 2.22. The van der Waals surface area contributed by atoms with E-state index in [0.717, 1.165) is 6.07 Å². The number of hydrogen-bond acceptors (Lipinski definition) is 6. The van der Waals surface area contributed by atoms with Gasteiger partial charge in [0, 0.05) is 11.1 Å². The van der Waals surface area contributed by atoms with Crippen molar-refractivity contribution < 1.29 is 19.8 Å². The summed E-state index contributed by atoms with van der Waals surface area (Å²) < 4.78 is 0. The first-order valence-electron chi connectivity index (χ1n) is 5.73. The van der Waals surface area contributed by atoms with E-state index >= 15 is 0 Å². The summed E-state index contributed by atoms with van der Waals surface area (Å²) in [5.74, 6) is -4.97. The second-order valence-corrected chi connectivity index (χ2v) is 4.27. The molecule has 6 nitrogen and oxygen atoms in total. The third-order valence-corrected chi connectivity index (χ3v) is 2.99. The lowest BCUT2D eigenvalue weighted by molar-refractivity contribution is -0.259. The molecule has 0 heterocycles. The van der Waals surface area contributed by atoms with Gasteiger partial charge in [0.25, 0.3) is 0 Å². The van der Waals surface area contributed by atoms with Gasteiger partial charge in [-0.3, -0.25) is 0 Å². The van der Waals surface area contributed by atoms with Gasteiger partial charge in [-0.2, -0.15) is 10.5 Å². The molecule has 0 aliphatic rings. The van der Waals surface area contributed by atoms with E-state index in [4.69, 9.17) is 10.5 Å². The Labute approximate surface area is 115 Å².